The van der Waals surface area contributed by atoms with Gasteiger partial charge in [-0.2, -0.15) is 0 Å². The van der Waals surface area contributed by atoms with Gasteiger partial charge in [0.15, 0.2) is 0 Å². The highest BCUT2D eigenvalue weighted by molar-refractivity contribution is 5.81. The van der Waals surface area contributed by atoms with Crippen LogP contribution in [0.2, 0.25) is 0 Å². The molecule has 81 heavy (non-hydrogen) atoms. The van der Waals surface area contributed by atoms with Gasteiger partial charge >= 0.3 is 0 Å². The lowest BCUT2D eigenvalue weighted by Gasteiger charge is -2.10. The van der Waals surface area contributed by atoms with Crippen LogP contribution in [0.15, 0.2) is 116 Å². The Morgan fingerprint density at radius 3 is 1.27 bits per heavy atom. The van der Waals surface area contributed by atoms with Gasteiger partial charge in [-0.25, -0.2) is 0 Å². The van der Waals surface area contributed by atoms with Gasteiger partial charge in [-0.3, -0.25) is 24.9 Å². The van der Waals surface area contributed by atoms with Crippen LogP contribution in [-0.2, 0) is 32.1 Å². The maximum absolute atomic E-state index is 4.82. The first-order chi connectivity index (χ1) is 38.8. The molecule has 0 saturated carbocycles. The number of hydrogen-bond acceptors (Lipinski definition) is 5. The van der Waals surface area contributed by atoms with Crippen molar-refractivity contribution in [3.8, 4) is 56.3 Å². The Labute approximate surface area is 482 Å². The van der Waals surface area contributed by atoms with Crippen molar-refractivity contribution in [3.63, 3.8) is 0 Å². The van der Waals surface area contributed by atoms with Gasteiger partial charge in [-0.15, -0.1) is 0 Å². The lowest BCUT2D eigenvalue weighted by molar-refractivity contribution is 1.09. The lowest BCUT2D eigenvalue weighted by atomic mass is 10.0. The molecule has 0 spiro atoms. The van der Waals surface area contributed by atoms with Crippen molar-refractivity contribution in [2.45, 2.75) is 143 Å². The van der Waals surface area contributed by atoms with Crippen LogP contribution < -0.4 is 0 Å². The van der Waals surface area contributed by atoms with E-state index in [1.165, 1.54) is 195 Å². The molecule has 5 nitrogen and oxygen atoms in total. The molecule has 5 aromatic carbocycles. The molecule has 0 aliphatic heterocycles. The smallest absolute Gasteiger partial charge is 0.0748 e. The van der Waals surface area contributed by atoms with E-state index in [2.05, 4.69) is 222 Å². The van der Waals surface area contributed by atoms with Crippen LogP contribution in [0.1, 0.15) is 145 Å². The molecule has 5 heteroatoms. The highest BCUT2D eigenvalue weighted by Gasteiger charge is 2.28. The second-order valence-corrected chi connectivity index (χ2v) is 23.9. The SMILES string of the molecule is Cc1ccc2c(c1)-c1ncc(C)c(C)c1C2.Cc1ccc2c(c1)Cc1c-2ncc(C)c1C.Cc1cccc2c1-c1nc(C)c(C)c(C)c1C2.Cc1cnc2c(c1C)Cc1c(C)cccc1-2.Cc1cnc2c(c1C)Cc1cccc(C)c1-2. The van der Waals surface area contributed by atoms with E-state index in [9.17, 15) is 0 Å². The van der Waals surface area contributed by atoms with E-state index < -0.39 is 0 Å². The number of aromatic nitrogens is 5. The van der Waals surface area contributed by atoms with Crippen LogP contribution >= 0.6 is 0 Å². The maximum Gasteiger partial charge on any atom is 0.0748 e. The Balaban J connectivity index is 0.000000107. The summed E-state index contributed by atoms with van der Waals surface area (Å²) in [5.41, 5.74) is 48.4. The van der Waals surface area contributed by atoms with E-state index in [1.807, 2.05) is 24.8 Å². The summed E-state index contributed by atoms with van der Waals surface area (Å²) in [4.78, 5) is 23.2. The average molecular weight is 1060 g/mol. The highest BCUT2D eigenvalue weighted by atomic mass is 14.7. The number of pyridine rings is 5. The van der Waals surface area contributed by atoms with Crippen LogP contribution in [0, 0.1) is 111 Å². The minimum absolute atomic E-state index is 1.05. The number of hydrogen-bond donors (Lipinski definition) is 0. The molecule has 0 unspecified atom stereocenters. The first-order valence-electron chi connectivity index (χ1n) is 29.0. The van der Waals surface area contributed by atoms with Gasteiger partial charge in [0.1, 0.15) is 0 Å². The lowest BCUT2D eigenvalue weighted by Crippen LogP contribution is -1.98. The van der Waals surface area contributed by atoms with E-state index in [1.54, 1.807) is 0 Å². The summed E-state index contributed by atoms with van der Waals surface area (Å²) in [6.45, 7) is 34.7. The Morgan fingerprint density at radius 2 is 0.691 bits per heavy atom. The summed E-state index contributed by atoms with van der Waals surface area (Å²) in [5, 5.41) is 0. The quantitative estimate of drug-likeness (QED) is 0.151. The Hall–Kier alpha value is -8.15. The van der Waals surface area contributed by atoms with Crippen LogP contribution in [0.5, 0.6) is 0 Å². The van der Waals surface area contributed by atoms with E-state index >= 15 is 0 Å². The molecule has 10 aromatic rings. The van der Waals surface area contributed by atoms with Crippen LogP contribution in [-0.4, -0.2) is 24.9 Å². The van der Waals surface area contributed by atoms with E-state index in [0.29, 0.717) is 0 Å². The molecule has 5 heterocycles. The van der Waals surface area contributed by atoms with Gasteiger partial charge in [-0.1, -0.05) is 96.1 Å². The predicted molar refractivity (Wildman–Crippen MR) is 338 cm³/mol. The van der Waals surface area contributed by atoms with Gasteiger partial charge < -0.3 is 0 Å². The monoisotopic (exact) mass is 1060 g/mol. The molecule has 5 aliphatic rings. The molecule has 0 N–H and O–H groups in total. The standard InChI is InChI=1S/C16H17N.4C15H15N/c1-9-6-5-7-13-8-14-11(3)10(2)12(4)17-16(14)15(9)13;1-9-4-5-13-12(6-9)7-14-11(3)10(2)8-16-15(13)14;1-9-4-5-12-7-13-11(3)10(2)8-16-15(13)14(12)6-9;1-9-5-4-6-12-13(9)7-14-11(3)10(2)8-16-15(12)14;1-9-5-4-6-12-7-13-11(3)10(2)8-16-15(13)14(9)12/h5-7H,8H2,1-4H3;4*4-6,8H,7H2,1-3H3. The van der Waals surface area contributed by atoms with E-state index in [4.69, 9.17) is 4.98 Å². The average Bonchev–Trinajstić information content (AvgIpc) is 4.48. The molecule has 0 atom stereocenters. The maximum atomic E-state index is 4.82. The highest BCUT2D eigenvalue weighted by Crippen LogP contribution is 2.43. The zero-order chi connectivity index (χ0) is 57.3. The van der Waals surface area contributed by atoms with Gasteiger partial charge in [-0.05, 0) is 245 Å². The molecule has 0 bridgehead atoms. The number of aryl methyl sites for hydroxylation is 10. The molecule has 5 aliphatic carbocycles. The van der Waals surface area contributed by atoms with Crippen LogP contribution in [0.3, 0.4) is 0 Å². The third kappa shape index (κ3) is 9.93. The van der Waals surface area contributed by atoms with Crippen molar-refractivity contribution < 1.29 is 0 Å². The summed E-state index contributed by atoms with van der Waals surface area (Å²) >= 11 is 0. The van der Waals surface area contributed by atoms with Gasteiger partial charge in [0.25, 0.3) is 0 Å². The molecule has 15 rings (SSSR count). The fourth-order valence-electron chi connectivity index (χ4n) is 12.9. The predicted octanol–water partition coefficient (Wildman–Crippen LogP) is 18.2. The van der Waals surface area contributed by atoms with Gasteiger partial charge in [0.05, 0.1) is 28.5 Å². The first kappa shape index (κ1) is 54.8. The van der Waals surface area contributed by atoms with Crippen LogP contribution in [0.4, 0.5) is 0 Å². The second-order valence-electron chi connectivity index (χ2n) is 23.9. The van der Waals surface area contributed by atoms with Crippen molar-refractivity contribution >= 4 is 0 Å². The Morgan fingerprint density at radius 1 is 0.272 bits per heavy atom. The fourth-order valence-corrected chi connectivity index (χ4v) is 12.9. The third-order valence-electron chi connectivity index (χ3n) is 18.7. The zero-order valence-corrected chi connectivity index (χ0v) is 50.7. The molecular weight excluding hydrogens is 983 g/mol. The minimum Gasteiger partial charge on any atom is -0.256 e. The number of rotatable bonds is 0. The van der Waals surface area contributed by atoms with Gasteiger partial charge in [0, 0.05) is 90.4 Å². The fraction of sp³-hybridized carbons (Fsp3) is 0.276. The summed E-state index contributed by atoms with van der Waals surface area (Å²) in [5.74, 6) is 0. The van der Waals surface area contributed by atoms with Crippen molar-refractivity contribution in [2.24, 2.45) is 0 Å². The van der Waals surface area contributed by atoms with E-state index in [0.717, 1.165) is 37.8 Å². The molecule has 5 aromatic heterocycles. The summed E-state index contributed by atoms with van der Waals surface area (Å²) in [7, 11) is 0. The molecule has 0 amide bonds. The first-order valence-corrected chi connectivity index (χ1v) is 29.0. The van der Waals surface area contributed by atoms with Crippen molar-refractivity contribution in [2.75, 3.05) is 0 Å². The zero-order valence-electron chi connectivity index (χ0n) is 50.7. The number of benzene rings is 5. The molecular formula is C76H77N5. The topological polar surface area (TPSA) is 64.5 Å². The summed E-state index contributed by atoms with van der Waals surface area (Å²) in [6, 6.07) is 32.9. The van der Waals surface area contributed by atoms with Crippen LogP contribution in [0.25, 0.3) is 56.3 Å². The minimum atomic E-state index is 1.05. The summed E-state index contributed by atoms with van der Waals surface area (Å²) < 4.78 is 0. The normalized spacial score (nSPS) is 12.4. The second kappa shape index (κ2) is 21.7. The largest absolute Gasteiger partial charge is 0.256 e. The molecule has 406 valence electrons. The summed E-state index contributed by atoms with van der Waals surface area (Å²) in [6.07, 6.45) is 13.2. The Kier molecular flexibility index (Phi) is 14.7. The van der Waals surface area contributed by atoms with Crippen molar-refractivity contribution in [3.05, 3.63) is 261 Å². The Bertz CT molecular complexity index is 4200. The van der Waals surface area contributed by atoms with Crippen molar-refractivity contribution in [1.29, 1.82) is 0 Å². The van der Waals surface area contributed by atoms with E-state index in [-0.39, 0.29) is 0 Å². The number of nitrogens with zero attached hydrogens (tertiary/aromatic N) is 5. The molecule has 0 fully saturated rings. The third-order valence-corrected chi connectivity index (χ3v) is 18.7. The van der Waals surface area contributed by atoms with Gasteiger partial charge in [0.2, 0.25) is 0 Å². The molecule has 0 saturated heterocycles. The number of fused-ring (bicyclic) bond motifs is 15. The van der Waals surface area contributed by atoms with Crippen molar-refractivity contribution in [1.82, 2.24) is 24.9 Å². The molecule has 0 radical (unpaired) electrons.